The summed E-state index contributed by atoms with van der Waals surface area (Å²) in [5.74, 6) is -0.227. The predicted molar refractivity (Wildman–Crippen MR) is 101 cm³/mol. The molecule has 4 nitrogen and oxygen atoms in total. The summed E-state index contributed by atoms with van der Waals surface area (Å²) >= 11 is 0. The van der Waals surface area contributed by atoms with Crippen LogP contribution in [0.2, 0.25) is 6.55 Å². The highest BCUT2D eigenvalue weighted by Gasteiger charge is 2.44. The summed E-state index contributed by atoms with van der Waals surface area (Å²) in [6.45, 7) is 8.95. The van der Waals surface area contributed by atoms with Gasteiger partial charge in [-0.25, -0.2) is 0 Å². The van der Waals surface area contributed by atoms with E-state index in [1.807, 2.05) is 67.2 Å². The Bertz CT molecular complexity index is 674. The second-order valence-electron chi connectivity index (χ2n) is 5.68. The van der Waals surface area contributed by atoms with Gasteiger partial charge >= 0.3 is 0 Å². The third-order valence-corrected chi connectivity index (χ3v) is 7.68. The molecule has 2 rings (SSSR count). The third-order valence-electron chi connectivity index (χ3n) is 3.95. The number of carbonyl (C=O) groups is 2. The Balaban J connectivity index is 2.64. The van der Waals surface area contributed by atoms with Crippen molar-refractivity contribution in [2.45, 2.75) is 20.4 Å². The molecule has 0 fully saturated rings. The van der Waals surface area contributed by atoms with Gasteiger partial charge in [-0.05, 0) is 30.8 Å². The lowest BCUT2D eigenvalue weighted by Crippen LogP contribution is -2.66. The Morgan fingerprint density at radius 1 is 0.833 bits per heavy atom. The van der Waals surface area contributed by atoms with Crippen LogP contribution in [0.15, 0.2) is 72.9 Å². The van der Waals surface area contributed by atoms with Crippen LogP contribution in [0.4, 0.5) is 11.4 Å². The molecule has 2 aromatic rings. The van der Waals surface area contributed by atoms with Crippen LogP contribution in [0.3, 0.4) is 0 Å². The molecule has 0 aliphatic heterocycles. The summed E-state index contributed by atoms with van der Waals surface area (Å²) < 4.78 is 3.43. The number of anilines is 2. The van der Waals surface area contributed by atoms with Crippen LogP contribution in [0.5, 0.6) is 0 Å². The zero-order valence-electron chi connectivity index (χ0n) is 14.3. The number of rotatable bonds is 5. The molecule has 0 saturated carbocycles. The van der Waals surface area contributed by atoms with Crippen LogP contribution < -0.4 is 9.13 Å². The van der Waals surface area contributed by atoms with Gasteiger partial charge in [0.2, 0.25) is 11.8 Å². The van der Waals surface area contributed by atoms with Crippen LogP contribution in [-0.2, 0) is 9.59 Å². The van der Waals surface area contributed by atoms with Crippen LogP contribution >= 0.6 is 0 Å². The second-order valence-corrected chi connectivity index (χ2v) is 9.17. The van der Waals surface area contributed by atoms with E-state index < -0.39 is 8.40 Å². The third kappa shape index (κ3) is 3.31. The average Bonchev–Trinajstić information content (AvgIpc) is 2.56. The van der Waals surface area contributed by atoms with Gasteiger partial charge in [-0.3, -0.25) is 9.59 Å². The molecule has 0 radical (unpaired) electrons. The molecule has 0 aliphatic rings. The first kappa shape index (κ1) is 17.7. The number of nitrogens with zero attached hydrogens (tertiary/aromatic N) is 2. The molecule has 0 saturated heterocycles. The van der Waals surface area contributed by atoms with Gasteiger partial charge in [0.15, 0.2) is 0 Å². The number of benzene rings is 2. The van der Waals surface area contributed by atoms with E-state index in [9.17, 15) is 9.59 Å². The summed E-state index contributed by atoms with van der Waals surface area (Å²) in [6, 6.07) is 18.8. The Hall–Kier alpha value is -2.66. The minimum absolute atomic E-state index is 0.113. The molecule has 0 heterocycles. The Morgan fingerprint density at radius 3 is 1.42 bits per heavy atom. The summed E-state index contributed by atoms with van der Waals surface area (Å²) in [5, 5.41) is 0. The van der Waals surface area contributed by atoms with Crippen molar-refractivity contribution in [1.29, 1.82) is 0 Å². The fourth-order valence-electron chi connectivity index (χ4n) is 2.96. The maximum absolute atomic E-state index is 12.5. The second kappa shape index (κ2) is 7.27. The number of hydrogen-bond acceptors (Lipinski definition) is 2. The van der Waals surface area contributed by atoms with Gasteiger partial charge in [-0.2, -0.15) is 0 Å². The topological polar surface area (TPSA) is 40.6 Å². The smallest absolute Gasteiger partial charge is 0.300 e. The Labute approximate surface area is 144 Å². The molecule has 5 heteroatoms. The summed E-state index contributed by atoms with van der Waals surface area (Å²) in [6.07, 6.45) is 0. The molecule has 24 heavy (non-hydrogen) atoms. The number of para-hydroxylation sites is 2. The van der Waals surface area contributed by atoms with E-state index in [1.165, 1.54) is 13.8 Å². The van der Waals surface area contributed by atoms with Gasteiger partial charge in [0.05, 0.1) is 0 Å². The monoisotopic (exact) mass is 338 g/mol. The fraction of sp³-hybridized carbons (Fsp3) is 0.158. The van der Waals surface area contributed by atoms with Gasteiger partial charge in [-0.15, -0.1) is 6.58 Å². The normalized spacial score (nSPS) is 10.8. The van der Waals surface area contributed by atoms with E-state index in [1.54, 1.807) is 14.8 Å². The van der Waals surface area contributed by atoms with Crippen molar-refractivity contribution in [3.8, 4) is 0 Å². The highest BCUT2D eigenvalue weighted by molar-refractivity contribution is 6.94. The van der Waals surface area contributed by atoms with E-state index in [4.69, 9.17) is 0 Å². The molecule has 2 aromatic carbocycles. The maximum Gasteiger partial charge on any atom is 0.300 e. The summed E-state index contributed by atoms with van der Waals surface area (Å²) in [4.78, 5) is 25.0. The molecule has 0 aromatic heterocycles. The van der Waals surface area contributed by atoms with Crippen molar-refractivity contribution < 1.29 is 9.59 Å². The standard InChI is InChI=1S/C19H22N2O2Si/c1-5-24(4,20(16(2)22)18-12-8-6-9-13-18)21(17(3)23)19-14-10-7-11-15-19/h5-15H,1H2,2-4H3. The molecule has 0 bridgehead atoms. The zero-order chi connectivity index (χ0) is 17.7. The van der Waals surface area contributed by atoms with Crippen LogP contribution in [0, 0.1) is 0 Å². The van der Waals surface area contributed by atoms with Crippen LogP contribution in [-0.4, -0.2) is 20.2 Å². The Morgan fingerprint density at radius 2 is 1.17 bits per heavy atom. The van der Waals surface area contributed by atoms with Crippen molar-refractivity contribution in [2.75, 3.05) is 9.13 Å². The maximum atomic E-state index is 12.5. The molecule has 124 valence electrons. The number of amides is 2. The molecular formula is C19H22N2O2Si. The van der Waals surface area contributed by atoms with Crippen molar-refractivity contribution in [2.24, 2.45) is 0 Å². The molecule has 0 aliphatic carbocycles. The van der Waals surface area contributed by atoms with Crippen molar-refractivity contribution in [3.05, 3.63) is 72.9 Å². The van der Waals surface area contributed by atoms with E-state index in [-0.39, 0.29) is 11.8 Å². The molecule has 0 N–H and O–H groups in total. The van der Waals surface area contributed by atoms with Gasteiger partial charge in [0, 0.05) is 25.2 Å². The van der Waals surface area contributed by atoms with Crippen LogP contribution in [0.25, 0.3) is 0 Å². The van der Waals surface area contributed by atoms with Crippen molar-refractivity contribution in [3.63, 3.8) is 0 Å². The lowest BCUT2D eigenvalue weighted by molar-refractivity contribution is -0.115. The van der Waals surface area contributed by atoms with Crippen LogP contribution in [0.1, 0.15) is 13.8 Å². The fourth-order valence-corrected chi connectivity index (χ4v) is 6.14. The first-order chi connectivity index (χ1) is 11.4. The molecule has 0 spiro atoms. The molecule has 0 unspecified atom stereocenters. The lowest BCUT2D eigenvalue weighted by atomic mass is 10.3. The molecular weight excluding hydrogens is 316 g/mol. The highest BCUT2D eigenvalue weighted by Crippen LogP contribution is 2.29. The Kier molecular flexibility index (Phi) is 5.36. The van der Waals surface area contributed by atoms with Crippen molar-refractivity contribution in [1.82, 2.24) is 0 Å². The predicted octanol–water partition coefficient (Wildman–Crippen LogP) is 3.89. The van der Waals surface area contributed by atoms with E-state index in [0.717, 1.165) is 11.4 Å². The first-order valence-electron chi connectivity index (χ1n) is 7.77. The largest absolute Gasteiger partial charge is 0.318 e. The zero-order valence-corrected chi connectivity index (χ0v) is 15.3. The summed E-state index contributed by atoms with van der Waals surface area (Å²) in [5.41, 5.74) is 3.29. The van der Waals surface area contributed by atoms with E-state index in [2.05, 4.69) is 6.58 Å². The van der Waals surface area contributed by atoms with E-state index >= 15 is 0 Å². The van der Waals surface area contributed by atoms with Gasteiger partial charge in [0.25, 0.3) is 8.40 Å². The molecule has 0 atom stereocenters. The summed E-state index contributed by atoms with van der Waals surface area (Å²) in [7, 11) is -2.86. The minimum atomic E-state index is -2.86. The van der Waals surface area contributed by atoms with Gasteiger partial charge in [0.1, 0.15) is 0 Å². The van der Waals surface area contributed by atoms with Gasteiger partial charge < -0.3 is 9.13 Å². The number of carbonyl (C=O) groups excluding carboxylic acids is 2. The number of hydrogen-bond donors (Lipinski definition) is 0. The van der Waals surface area contributed by atoms with Crippen molar-refractivity contribution >= 4 is 31.6 Å². The quantitative estimate of drug-likeness (QED) is 0.776. The molecule has 2 amide bonds. The first-order valence-corrected chi connectivity index (χ1v) is 10.2. The average molecular weight is 338 g/mol. The SMILES string of the molecule is C=C[Si](C)(N(C(C)=O)c1ccccc1)N(C(C)=O)c1ccccc1. The van der Waals surface area contributed by atoms with Gasteiger partial charge in [-0.1, -0.05) is 42.1 Å². The van der Waals surface area contributed by atoms with E-state index in [0.29, 0.717) is 0 Å². The lowest BCUT2D eigenvalue weighted by Gasteiger charge is -2.44. The highest BCUT2D eigenvalue weighted by atomic mass is 28.3. The minimum Gasteiger partial charge on any atom is -0.318 e.